The number of rotatable bonds is 39. The van der Waals surface area contributed by atoms with Gasteiger partial charge in [-0.2, -0.15) is 0 Å². The van der Waals surface area contributed by atoms with E-state index in [2.05, 4.69) is 41.5 Å². The highest BCUT2D eigenvalue weighted by atomic mass is 16.5. The van der Waals surface area contributed by atoms with Crippen LogP contribution in [0.4, 0.5) is 0 Å². The molecular weight excluding hydrogens is 635 g/mol. The van der Waals surface area contributed by atoms with Gasteiger partial charge in [-0.15, -0.1) is 0 Å². The average molecular weight is 741 g/mol. The van der Waals surface area contributed by atoms with Gasteiger partial charge in [0, 0.05) is 0 Å². The molecule has 0 spiro atoms. The molecule has 0 fully saturated rings. The zero-order valence-electron chi connectivity index (χ0n) is 37.6. The molecule has 318 valence electrons. The summed E-state index contributed by atoms with van der Waals surface area (Å²) in [5.41, 5.74) is 0. The van der Waals surface area contributed by atoms with Gasteiger partial charge in [0.15, 0.2) is 0 Å². The minimum atomic E-state index is -2.17. The van der Waals surface area contributed by atoms with Crippen molar-refractivity contribution in [2.75, 3.05) is 0 Å². The maximum Gasteiger partial charge on any atom is 0.631 e. The normalized spacial score (nSPS) is 10.6. The quantitative estimate of drug-likeness (QED) is 0.0434. The van der Waals surface area contributed by atoms with Crippen molar-refractivity contribution in [3.63, 3.8) is 0 Å². The summed E-state index contributed by atoms with van der Waals surface area (Å²) >= 11 is 0. The molecule has 0 aromatic heterocycles. The number of hydrogen-bond donors (Lipinski definition) is 3. The smallest absolute Gasteiger partial charge is 0.402 e. The molecule has 3 N–H and O–H groups in total. The Kier molecular flexibility index (Phi) is 71.0. The van der Waals surface area contributed by atoms with Crippen LogP contribution in [0.25, 0.3) is 0 Å². The Morgan fingerprint density at radius 3 is 0.288 bits per heavy atom. The summed E-state index contributed by atoms with van der Waals surface area (Å²) in [6, 6.07) is 0. The molecule has 0 aromatic rings. The summed E-state index contributed by atoms with van der Waals surface area (Å²) in [6.07, 6.45) is 61.3. The molecule has 0 unspecified atom stereocenters. The van der Waals surface area contributed by atoms with Gasteiger partial charge in [0.05, 0.1) is 0 Å². The van der Waals surface area contributed by atoms with E-state index >= 15 is 0 Å². The van der Waals surface area contributed by atoms with Crippen LogP contribution in [0.3, 0.4) is 0 Å². The molecule has 4 heteroatoms. The summed E-state index contributed by atoms with van der Waals surface area (Å²) in [5.74, 6) is 0. The van der Waals surface area contributed by atoms with Crippen molar-refractivity contribution in [3.05, 3.63) is 0 Å². The first-order chi connectivity index (χ1) is 25.5. The first-order valence-electron chi connectivity index (χ1n) is 24.5. The summed E-state index contributed by atoms with van der Waals surface area (Å²) < 4.78 is 0. The monoisotopic (exact) mass is 741 g/mol. The highest BCUT2D eigenvalue weighted by Crippen LogP contribution is 2.15. The van der Waals surface area contributed by atoms with E-state index in [1.165, 1.54) is 270 Å². The molecule has 0 saturated heterocycles. The third-order valence-electron chi connectivity index (χ3n) is 10.4. The van der Waals surface area contributed by atoms with Crippen LogP contribution in [-0.4, -0.2) is 22.4 Å². The third kappa shape index (κ3) is 78.9. The molecule has 0 saturated carbocycles. The van der Waals surface area contributed by atoms with Crippen molar-refractivity contribution < 1.29 is 15.1 Å². The first kappa shape index (κ1) is 58.6. The molecule has 0 aromatic carbocycles. The largest absolute Gasteiger partial charge is 0.631 e. The zero-order chi connectivity index (χ0) is 39.3. The van der Waals surface area contributed by atoms with Crippen LogP contribution in [0.2, 0.25) is 0 Å². The summed E-state index contributed by atoms with van der Waals surface area (Å²) in [7, 11) is -2.17. The van der Waals surface area contributed by atoms with Crippen molar-refractivity contribution in [1.29, 1.82) is 0 Å². The highest BCUT2D eigenvalue weighted by molar-refractivity contribution is 6.30. The van der Waals surface area contributed by atoms with Gasteiger partial charge < -0.3 is 15.1 Å². The van der Waals surface area contributed by atoms with E-state index in [9.17, 15) is 0 Å². The Hall–Kier alpha value is -0.0551. The Morgan fingerprint density at radius 1 is 0.173 bits per heavy atom. The van der Waals surface area contributed by atoms with E-state index < -0.39 is 7.32 Å². The van der Waals surface area contributed by atoms with E-state index in [-0.39, 0.29) is 0 Å². The van der Waals surface area contributed by atoms with Gasteiger partial charge in [-0.1, -0.05) is 311 Å². The molecule has 0 aliphatic heterocycles. The summed E-state index contributed by atoms with van der Waals surface area (Å²) in [4.78, 5) is 0. The van der Waals surface area contributed by atoms with Crippen molar-refractivity contribution in [1.82, 2.24) is 0 Å². The summed E-state index contributed by atoms with van der Waals surface area (Å²) in [6.45, 7) is 13.7. The minimum Gasteiger partial charge on any atom is -0.402 e. The molecule has 0 aliphatic carbocycles. The molecule has 3 nitrogen and oxygen atoms in total. The van der Waals surface area contributed by atoms with Gasteiger partial charge in [0.25, 0.3) is 0 Å². The Bertz CT molecular complexity index is 405. The lowest BCUT2D eigenvalue weighted by molar-refractivity contribution is 0.278. The molecule has 0 bridgehead atoms. The molecule has 0 heterocycles. The second-order valence-corrected chi connectivity index (χ2v) is 16.1. The maximum atomic E-state index is 7.17. The fourth-order valence-corrected chi connectivity index (χ4v) is 6.80. The van der Waals surface area contributed by atoms with Crippen molar-refractivity contribution in [2.24, 2.45) is 0 Å². The molecule has 0 amide bonds. The predicted molar refractivity (Wildman–Crippen MR) is 240 cm³/mol. The Morgan fingerprint density at radius 2 is 0.231 bits per heavy atom. The van der Waals surface area contributed by atoms with Gasteiger partial charge in [-0.3, -0.25) is 0 Å². The summed E-state index contributed by atoms with van der Waals surface area (Å²) in [5, 5.41) is 21.5. The topological polar surface area (TPSA) is 60.7 Å². The maximum absolute atomic E-state index is 7.17. The van der Waals surface area contributed by atoms with Crippen LogP contribution in [0.1, 0.15) is 311 Å². The van der Waals surface area contributed by atoms with Crippen LogP contribution >= 0.6 is 0 Å². The van der Waals surface area contributed by atoms with Gasteiger partial charge >= 0.3 is 7.32 Å². The lowest BCUT2D eigenvalue weighted by Gasteiger charge is -2.02. The molecule has 0 atom stereocenters. The zero-order valence-corrected chi connectivity index (χ0v) is 37.6. The standard InChI is InChI=1S/3C16H34.BH3O3/c3*1-3-5-7-9-11-13-15-16-14-12-10-8-6-4-2;2-1(3)4/h3*3-16H2,1-2H3;2-4H. The highest BCUT2D eigenvalue weighted by Gasteiger charge is 1.96. The second-order valence-electron chi connectivity index (χ2n) is 16.1. The van der Waals surface area contributed by atoms with Crippen LogP contribution < -0.4 is 0 Å². The molecule has 52 heavy (non-hydrogen) atoms. The fourth-order valence-electron chi connectivity index (χ4n) is 6.80. The van der Waals surface area contributed by atoms with Gasteiger partial charge in [-0.25, -0.2) is 0 Å². The van der Waals surface area contributed by atoms with Crippen LogP contribution in [0.5, 0.6) is 0 Å². The van der Waals surface area contributed by atoms with Crippen molar-refractivity contribution >= 4 is 7.32 Å². The Balaban J connectivity index is -0.000000315. The van der Waals surface area contributed by atoms with Gasteiger partial charge in [-0.05, 0) is 0 Å². The van der Waals surface area contributed by atoms with E-state index in [1.807, 2.05) is 0 Å². The van der Waals surface area contributed by atoms with Crippen molar-refractivity contribution in [3.8, 4) is 0 Å². The minimum absolute atomic E-state index is 1.37. The van der Waals surface area contributed by atoms with E-state index in [4.69, 9.17) is 15.1 Å². The predicted octanol–water partition coefficient (Wildman–Crippen LogP) is 17.4. The van der Waals surface area contributed by atoms with Crippen molar-refractivity contribution in [2.45, 2.75) is 311 Å². The van der Waals surface area contributed by atoms with E-state index in [0.717, 1.165) is 0 Å². The SMILES string of the molecule is CCCCCCCCCCCCCCCC.CCCCCCCCCCCCCCCC.CCCCCCCCCCCCCCCC.OB(O)O. The molecular formula is C48H105BO3. The lowest BCUT2D eigenvalue weighted by atomic mass is 10.0. The van der Waals surface area contributed by atoms with Gasteiger partial charge in [0.2, 0.25) is 0 Å². The lowest BCUT2D eigenvalue weighted by Crippen LogP contribution is -2.07. The Labute approximate surface area is 332 Å². The second kappa shape index (κ2) is 62.9. The average Bonchev–Trinajstić information content (AvgIpc) is 3.13. The van der Waals surface area contributed by atoms with Crippen LogP contribution in [-0.2, 0) is 0 Å². The first-order valence-corrected chi connectivity index (χ1v) is 24.5. The number of hydrogen-bond acceptors (Lipinski definition) is 3. The number of unbranched alkanes of at least 4 members (excludes halogenated alkanes) is 39. The molecule has 0 radical (unpaired) electrons. The third-order valence-corrected chi connectivity index (χ3v) is 10.4. The van der Waals surface area contributed by atoms with Gasteiger partial charge in [0.1, 0.15) is 0 Å². The van der Waals surface area contributed by atoms with E-state index in [1.54, 1.807) is 0 Å². The van der Waals surface area contributed by atoms with E-state index in [0.29, 0.717) is 0 Å². The fraction of sp³-hybridized carbons (Fsp3) is 1.00. The molecule has 0 aliphatic rings. The molecule has 0 rings (SSSR count). The van der Waals surface area contributed by atoms with Crippen LogP contribution in [0.15, 0.2) is 0 Å². The van der Waals surface area contributed by atoms with Crippen LogP contribution in [0, 0.1) is 0 Å².